The quantitative estimate of drug-likeness (QED) is 0.382. The van der Waals surface area contributed by atoms with Crippen molar-refractivity contribution in [3.05, 3.63) is 81.5 Å². The number of Topliss-reactive ketones (excluding diaryl/α,β-unsaturated/α-hetero) is 1. The molecule has 0 radical (unpaired) electrons. The number of benzene rings is 2. The van der Waals surface area contributed by atoms with Gasteiger partial charge in [-0.3, -0.25) is 9.59 Å². The first kappa shape index (κ1) is 23.5. The first-order valence-corrected chi connectivity index (χ1v) is 11.6. The molecule has 3 N–H and O–H groups in total. The molecule has 0 fully saturated rings. The fourth-order valence-corrected chi connectivity index (χ4v) is 4.59. The second-order valence-corrected chi connectivity index (χ2v) is 8.83. The number of fused-ring (bicyclic) bond motifs is 1. The van der Waals surface area contributed by atoms with Crippen molar-refractivity contribution < 1.29 is 29.0 Å². The fourth-order valence-electron chi connectivity index (χ4n) is 3.49. The van der Waals surface area contributed by atoms with Gasteiger partial charge in [0, 0.05) is 18.0 Å². The lowest BCUT2D eigenvalue weighted by Gasteiger charge is -2.17. The molecule has 9 heteroatoms. The van der Waals surface area contributed by atoms with Gasteiger partial charge in [0.1, 0.15) is 6.61 Å². The Hall–Kier alpha value is -3.69. The molecule has 0 aliphatic carbocycles. The van der Waals surface area contributed by atoms with Crippen molar-refractivity contribution in [1.29, 1.82) is 0 Å². The number of aliphatic carboxylic acids is 1. The van der Waals surface area contributed by atoms with E-state index in [0.29, 0.717) is 17.2 Å². The van der Waals surface area contributed by atoms with Gasteiger partial charge in [-0.05, 0) is 35.7 Å². The summed E-state index contributed by atoms with van der Waals surface area (Å²) in [6, 6.07) is 17.8. The van der Waals surface area contributed by atoms with Crippen molar-refractivity contribution in [2.45, 2.75) is 25.7 Å². The highest BCUT2D eigenvalue weighted by atomic mass is 32.1. The van der Waals surface area contributed by atoms with Gasteiger partial charge in [-0.1, -0.05) is 42.5 Å². The lowest BCUT2D eigenvalue weighted by Crippen LogP contribution is -2.42. The number of carboxylic acid groups (broad SMARTS) is 1. The van der Waals surface area contributed by atoms with Crippen LogP contribution in [0.5, 0.6) is 11.5 Å². The molecule has 0 saturated carbocycles. The highest BCUT2D eigenvalue weighted by Gasteiger charge is 2.30. The number of hydrogen-bond donors (Lipinski definition) is 3. The molecule has 34 heavy (non-hydrogen) atoms. The molecule has 8 nitrogen and oxygen atoms in total. The van der Waals surface area contributed by atoms with Crippen LogP contribution in [-0.4, -0.2) is 42.0 Å². The van der Waals surface area contributed by atoms with Crippen molar-refractivity contribution in [3.63, 3.8) is 0 Å². The normalized spacial score (nSPS) is 13.4. The summed E-state index contributed by atoms with van der Waals surface area (Å²) in [5, 5.41) is 15.4. The summed E-state index contributed by atoms with van der Waals surface area (Å²) in [5.74, 6) is -2.20. The molecule has 0 spiro atoms. The zero-order valence-electron chi connectivity index (χ0n) is 18.3. The van der Waals surface area contributed by atoms with E-state index in [9.17, 15) is 19.5 Å². The monoisotopic (exact) mass is 480 g/mol. The smallest absolute Gasteiger partial charge is 0.352 e. The molecule has 1 aromatic heterocycles. The average Bonchev–Trinajstić information content (AvgIpc) is 3.30. The van der Waals surface area contributed by atoms with Gasteiger partial charge in [0.15, 0.2) is 11.5 Å². The number of ketones is 1. The van der Waals surface area contributed by atoms with Gasteiger partial charge in [-0.25, -0.2) is 4.79 Å². The van der Waals surface area contributed by atoms with E-state index in [1.807, 2.05) is 30.3 Å². The Labute approximate surface area is 200 Å². The lowest BCUT2D eigenvalue weighted by atomic mass is 10.1. The minimum absolute atomic E-state index is 0.129. The molecular formula is C25H24N2O6S. The van der Waals surface area contributed by atoms with Crippen molar-refractivity contribution >= 4 is 29.0 Å². The minimum atomic E-state index is -1.79. The van der Waals surface area contributed by atoms with E-state index in [1.165, 1.54) is 17.4 Å². The van der Waals surface area contributed by atoms with Crippen LogP contribution in [0.25, 0.3) is 0 Å². The van der Waals surface area contributed by atoms with Crippen LogP contribution in [0.2, 0.25) is 0 Å². The predicted molar refractivity (Wildman–Crippen MR) is 126 cm³/mol. The van der Waals surface area contributed by atoms with Gasteiger partial charge in [0.25, 0.3) is 12.0 Å². The van der Waals surface area contributed by atoms with Crippen LogP contribution in [0.3, 0.4) is 0 Å². The Morgan fingerprint density at radius 2 is 1.79 bits per heavy atom. The molecule has 1 atom stereocenters. The van der Waals surface area contributed by atoms with E-state index in [-0.39, 0.29) is 12.4 Å². The van der Waals surface area contributed by atoms with E-state index in [2.05, 4.69) is 10.6 Å². The summed E-state index contributed by atoms with van der Waals surface area (Å²) in [6.07, 6.45) is -0.935. The summed E-state index contributed by atoms with van der Waals surface area (Å²) in [5.41, 5.74) is 2.00. The Morgan fingerprint density at radius 1 is 1.06 bits per heavy atom. The Balaban J connectivity index is 1.38. The van der Waals surface area contributed by atoms with Crippen molar-refractivity contribution in [2.24, 2.45) is 0 Å². The SMILES string of the molecule is O=C(NCC(=O)C(Oc1ccccc1OCc1ccccc1)C(=O)O)c1cc2c(s1)CCNC2. The number of carbonyl (C=O) groups excluding carboxylic acids is 2. The van der Waals surface area contributed by atoms with Crippen LogP contribution < -0.4 is 20.1 Å². The maximum atomic E-state index is 12.6. The average molecular weight is 481 g/mol. The van der Waals surface area contributed by atoms with Gasteiger partial charge in [-0.15, -0.1) is 11.3 Å². The molecule has 1 unspecified atom stereocenters. The number of para-hydroxylation sites is 2. The third-order valence-electron chi connectivity index (χ3n) is 5.24. The molecule has 1 amide bonds. The summed E-state index contributed by atoms with van der Waals surface area (Å²) >= 11 is 1.39. The molecule has 1 aliphatic rings. The third-order valence-corrected chi connectivity index (χ3v) is 6.47. The second-order valence-electron chi connectivity index (χ2n) is 7.69. The first-order valence-electron chi connectivity index (χ1n) is 10.8. The third kappa shape index (κ3) is 5.81. The molecule has 176 valence electrons. The summed E-state index contributed by atoms with van der Waals surface area (Å²) in [7, 11) is 0. The number of hydrogen-bond acceptors (Lipinski definition) is 7. The van der Waals surface area contributed by atoms with E-state index in [4.69, 9.17) is 9.47 Å². The number of nitrogens with one attached hydrogen (secondary N) is 2. The predicted octanol–water partition coefficient (Wildman–Crippen LogP) is 2.80. The largest absolute Gasteiger partial charge is 0.485 e. The molecule has 3 aromatic rings. The van der Waals surface area contributed by atoms with Crippen LogP contribution >= 0.6 is 11.3 Å². The second kappa shape index (κ2) is 11.0. The van der Waals surface area contributed by atoms with Gasteiger partial charge in [0.05, 0.1) is 11.4 Å². The van der Waals surface area contributed by atoms with Gasteiger partial charge in [0.2, 0.25) is 5.78 Å². The molecule has 0 saturated heterocycles. The Kier molecular flexibility index (Phi) is 7.56. The van der Waals surface area contributed by atoms with Crippen LogP contribution in [0, 0.1) is 0 Å². The number of carboxylic acids is 1. The molecular weight excluding hydrogens is 456 g/mol. The van der Waals surface area contributed by atoms with Crippen LogP contribution in [-0.2, 0) is 29.2 Å². The summed E-state index contributed by atoms with van der Waals surface area (Å²) in [6.45, 7) is 1.35. The van der Waals surface area contributed by atoms with Gasteiger partial charge < -0.3 is 25.2 Å². The van der Waals surface area contributed by atoms with E-state index in [1.54, 1.807) is 24.3 Å². The van der Waals surface area contributed by atoms with Gasteiger partial charge >= 0.3 is 5.97 Å². The zero-order chi connectivity index (χ0) is 23.9. The molecule has 2 heterocycles. The Morgan fingerprint density at radius 3 is 2.53 bits per heavy atom. The zero-order valence-corrected chi connectivity index (χ0v) is 19.1. The van der Waals surface area contributed by atoms with Crippen LogP contribution in [0.1, 0.15) is 25.7 Å². The number of amides is 1. The lowest BCUT2D eigenvalue weighted by molar-refractivity contribution is -0.150. The number of thiophene rings is 1. The summed E-state index contributed by atoms with van der Waals surface area (Å²) in [4.78, 5) is 38.6. The van der Waals surface area contributed by atoms with Crippen molar-refractivity contribution in [2.75, 3.05) is 13.1 Å². The number of ether oxygens (including phenoxy) is 2. The highest BCUT2D eigenvalue weighted by Crippen LogP contribution is 2.29. The van der Waals surface area contributed by atoms with Crippen LogP contribution in [0.4, 0.5) is 0 Å². The number of rotatable bonds is 10. The standard InChI is InChI=1S/C25H24N2O6S/c28-18(14-27-24(29)22-12-17-13-26-11-10-21(17)34-22)23(25(30)31)33-20-9-5-4-8-19(20)32-15-16-6-2-1-3-7-16/h1-9,12,23,26H,10-11,13-15H2,(H,27,29)(H,30,31). The van der Waals surface area contributed by atoms with Gasteiger partial charge in [-0.2, -0.15) is 0 Å². The maximum Gasteiger partial charge on any atom is 0.352 e. The molecule has 4 rings (SSSR count). The minimum Gasteiger partial charge on any atom is -0.485 e. The van der Waals surface area contributed by atoms with E-state index < -0.39 is 30.3 Å². The molecule has 0 bridgehead atoms. The van der Waals surface area contributed by atoms with Crippen molar-refractivity contribution in [1.82, 2.24) is 10.6 Å². The van der Waals surface area contributed by atoms with Crippen molar-refractivity contribution in [3.8, 4) is 11.5 Å². The van der Waals surface area contributed by atoms with Crippen LogP contribution in [0.15, 0.2) is 60.7 Å². The molecule has 1 aliphatic heterocycles. The fraction of sp³-hybridized carbons (Fsp3) is 0.240. The Bertz CT molecular complexity index is 1150. The van der Waals surface area contributed by atoms with E-state index in [0.717, 1.165) is 29.0 Å². The van der Waals surface area contributed by atoms with E-state index >= 15 is 0 Å². The maximum absolute atomic E-state index is 12.6. The summed E-state index contributed by atoms with van der Waals surface area (Å²) < 4.78 is 11.3. The number of carbonyl (C=O) groups is 3. The first-order chi connectivity index (χ1) is 16.5. The molecule has 2 aromatic carbocycles. The topological polar surface area (TPSA) is 114 Å². The highest BCUT2D eigenvalue weighted by molar-refractivity contribution is 7.14.